The van der Waals surface area contributed by atoms with E-state index in [1.165, 1.54) is 0 Å². The number of amides is 1. The largest absolute Gasteiger partial charge is 0.385 e. The number of anilines is 1. The van der Waals surface area contributed by atoms with Gasteiger partial charge in [-0.1, -0.05) is 0 Å². The van der Waals surface area contributed by atoms with Crippen LogP contribution in [0.5, 0.6) is 0 Å². The molecule has 1 aromatic rings. The van der Waals surface area contributed by atoms with Crippen molar-refractivity contribution in [3.05, 3.63) is 29.3 Å². The number of nitriles is 1. The average molecular weight is 257 g/mol. The monoisotopic (exact) mass is 257 g/mol. The van der Waals surface area contributed by atoms with Crippen molar-refractivity contribution in [3.63, 3.8) is 0 Å². The quantitative estimate of drug-likeness (QED) is 0.900. The van der Waals surface area contributed by atoms with Gasteiger partial charge in [-0.3, -0.25) is 4.79 Å². The Morgan fingerprint density at radius 2 is 2.16 bits per heavy atom. The molecule has 0 bridgehead atoms. The first kappa shape index (κ1) is 13.4. The zero-order valence-electron chi connectivity index (χ0n) is 11.3. The highest BCUT2D eigenvalue weighted by atomic mass is 16.2. The summed E-state index contributed by atoms with van der Waals surface area (Å²) in [5, 5.41) is 12.1. The Labute approximate surface area is 114 Å². The number of nitrogens with one attached hydrogen (secondary N) is 1. The summed E-state index contributed by atoms with van der Waals surface area (Å²) in [5.41, 5.74) is 2.61. The summed E-state index contributed by atoms with van der Waals surface area (Å²) < 4.78 is 0. The number of rotatable bonds is 4. The molecule has 1 aliphatic rings. The third-order valence-electron chi connectivity index (χ3n) is 3.47. The van der Waals surface area contributed by atoms with E-state index in [1.807, 2.05) is 24.0 Å². The number of hydrogen-bond acceptors (Lipinski definition) is 3. The molecule has 100 valence electrons. The van der Waals surface area contributed by atoms with Gasteiger partial charge in [0.2, 0.25) is 5.91 Å². The minimum Gasteiger partial charge on any atom is -0.385 e. The summed E-state index contributed by atoms with van der Waals surface area (Å²) in [6.07, 6.45) is 2.79. The van der Waals surface area contributed by atoms with Crippen LogP contribution in [-0.2, 0) is 4.79 Å². The fourth-order valence-electron chi connectivity index (χ4n) is 2.34. The van der Waals surface area contributed by atoms with Crippen molar-refractivity contribution in [2.24, 2.45) is 0 Å². The van der Waals surface area contributed by atoms with E-state index in [0.29, 0.717) is 18.5 Å². The maximum atomic E-state index is 11.8. The smallest absolute Gasteiger partial charge is 0.224 e. The van der Waals surface area contributed by atoms with Gasteiger partial charge < -0.3 is 10.2 Å². The number of hydrogen-bond donors (Lipinski definition) is 1. The van der Waals surface area contributed by atoms with Crippen molar-refractivity contribution in [1.29, 1.82) is 5.26 Å². The molecule has 1 aliphatic heterocycles. The van der Waals surface area contributed by atoms with Gasteiger partial charge in [-0.15, -0.1) is 0 Å². The lowest BCUT2D eigenvalue weighted by Gasteiger charge is -2.15. The number of carbonyl (C=O) groups is 1. The minimum atomic E-state index is 0.232. The topological polar surface area (TPSA) is 56.1 Å². The molecule has 1 N–H and O–H groups in total. The van der Waals surface area contributed by atoms with Crippen molar-refractivity contribution < 1.29 is 4.79 Å². The van der Waals surface area contributed by atoms with Crippen LogP contribution < -0.4 is 5.32 Å². The van der Waals surface area contributed by atoms with Crippen LogP contribution in [0, 0.1) is 18.3 Å². The fraction of sp³-hybridized carbons (Fsp3) is 0.467. The van der Waals surface area contributed by atoms with Gasteiger partial charge in [-0.25, -0.2) is 0 Å². The highest BCUT2D eigenvalue weighted by molar-refractivity contribution is 5.77. The lowest BCUT2D eigenvalue weighted by Crippen LogP contribution is -2.29. The van der Waals surface area contributed by atoms with E-state index in [9.17, 15) is 4.79 Å². The highest BCUT2D eigenvalue weighted by Gasteiger charge is 2.16. The molecule has 2 rings (SSSR count). The van der Waals surface area contributed by atoms with Crippen molar-refractivity contribution in [2.75, 3.05) is 25.0 Å². The van der Waals surface area contributed by atoms with Crippen LogP contribution in [0.25, 0.3) is 0 Å². The van der Waals surface area contributed by atoms with Crippen LogP contribution in [0.1, 0.15) is 30.4 Å². The standard InChI is InChI=1S/C15H19N3O/c1-12-10-14(5-4-13(12)11-16)17-7-6-15(19)18-8-2-3-9-18/h4-5,10,17H,2-3,6-9H2,1H3. The molecule has 0 unspecified atom stereocenters. The lowest BCUT2D eigenvalue weighted by atomic mass is 10.1. The predicted octanol–water partition coefficient (Wildman–Crippen LogP) is 2.29. The van der Waals surface area contributed by atoms with Gasteiger partial charge in [0.1, 0.15) is 0 Å². The van der Waals surface area contributed by atoms with E-state index in [4.69, 9.17) is 5.26 Å². The second kappa shape index (κ2) is 6.24. The van der Waals surface area contributed by atoms with Crippen LogP contribution in [0.3, 0.4) is 0 Å². The maximum Gasteiger partial charge on any atom is 0.224 e. The average Bonchev–Trinajstić information content (AvgIpc) is 2.93. The molecule has 0 atom stereocenters. The summed E-state index contributed by atoms with van der Waals surface area (Å²) >= 11 is 0. The van der Waals surface area contributed by atoms with Gasteiger partial charge in [0.25, 0.3) is 0 Å². The Morgan fingerprint density at radius 3 is 2.79 bits per heavy atom. The molecule has 1 amide bonds. The molecule has 0 saturated carbocycles. The predicted molar refractivity (Wildman–Crippen MR) is 74.8 cm³/mol. The lowest BCUT2D eigenvalue weighted by molar-refractivity contribution is -0.129. The zero-order chi connectivity index (χ0) is 13.7. The van der Waals surface area contributed by atoms with Crippen molar-refractivity contribution in [1.82, 2.24) is 4.90 Å². The van der Waals surface area contributed by atoms with Crippen LogP contribution in [-0.4, -0.2) is 30.4 Å². The van der Waals surface area contributed by atoms with Crippen molar-refractivity contribution in [2.45, 2.75) is 26.2 Å². The molecule has 19 heavy (non-hydrogen) atoms. The number of benzene rings is 1. The van der Waals surface area contributed by atoms with Crippen molar-refractivity contribution >= 4 is 11.6 Å². The summed E-state index contributed by atoms with van der Waals surface area (Å²) in [7, 11) is 0. The Hall–Kier alpha value is -2.02. The first-order valence-corrected chi connectivity index (χ1v) is 6.73. The first-order chi connectivity index (χ1) is 9.20. The molecule has 0 radical (unpaired) electrons. The Bertz CT molecular complexity index is 499. The Morgan fingerprint density at radius 1 is 1.42 bits per heavy atom. The molecule has 4 heteroatoms. The number of nitrogens with zero attached hydrogens (tertiary/aromatic N) is 2. The molecule has 0 aromatic heterocycles. The molecule has 1 aromatic carbocycles. The van der Waals surface area contributed by atoms with Gasteiger partial charge in [-0.2, -0.15) is 5.26 Å². The Kier molecular flexibility index (Phi) is 4.40. The number of carbonyl (C=O) groups excluding carboxylic acids is 1. The van der Waals surface area contributed by atoms with Crippen LogP contribution in [0.4, 0.5) is 5.69 Å². The SMILES string of the molecule is Cc1cc(NCCC(=O)N2CCCC2)ccc1C#N. The number of aryl methyl sites for hydroxylation is 1. The van der Waals surface area contributed by atoms with Gasteiger partial charge in [0.15, 0.2) is 0 Å². The highest BCUT2D eigenvalue weighted by Crippen LogP contribution is 2.14. The summed E-state index contributed by atoms with van der Waals surface area (Å²) in [6, 6.07) is 7.77. The van der Waals surface area contributed by atoms with Gasteiger partial charge in [0.05, 0.1) is 11.6 Å². The first-order valence-electron chi connectivity index (χ1n) is 6.73. The van der Waals surface area contributed by atoms with E-state index in [1.54, 1.807) is 6.07 Å². The molecule has 0 spiro atoms. The van der Waals surface area contributed by atoms with E-state index >= 15 is 0 Å². The van der Waals surface area contributed by atoms with E-state index < -0.39 is 0 Å². The van der Waals surface area contributed by atoms with E-state index in [-0.39, 0.29) is 5.91 Å². The summed E-state index contributed by atoms with van der Waals surface area (Å²) in [6.45, 7) is 4.38. The molecular formula is C15H19N3O. The summed E-state index contributed by atoms with van der Waals surface area (Å²) in [5.74, 6) is 0.232. The second-order valence-electron chi connectivity index (χ2n) is 4.91. The van der Waals surface area contributed by atoms with E-state index in [0.717, 1.165) is 37.2 Å². The molecule has 1 fully saturated rings. The second-order valence-corrected chi connectivity index (χ2v) is 4.91. The van der Waals surface area contributed by atoms with Crippen molar-refractivity contribution in [3.8, 4) is 6.07 Å². The fourth-order valence-corrected chi connectivity index (χ4v) is 2.34. The molecule has 1 heterocycles. The summed E-state index contributed by atoms with van der Waals surface area (Å²) in [4.78, 5) is 13.8. The van der Waals surface area contributed by atoms with Gasteiger partial charge >= 0.3 is 0 Å². The molecule has 4 nitrogen and oxygen atoms in total. The van der Waals surface area contributed by atoms with Crippen LogP contribution in [0.15, 0.2) is 18.2 Å². The normalized spacial score (nSPS) is 14.2. The maximum absolute atomic E-state index is 11.8. The number of likely N-dealkylation sites (tertiary alicyclic amines) is 1. The molecule has 1 saturated heterocycles. The van der Waals surface area contributed by atoms with Crippen LogP contribution >= 0.6 is 0 Å². The van der Waals surface area contributed by atoms with E-state index in [2.05, 4.69) is 11.4 Å². The van der Waals surface area contributed by atoms with Crippen LogP contribution in [0.2, 0.25) is 0 Å². The zero-order valence-corrected chi connectivity index (χ0v) is 11.3. The minimum absolute atomic E-state index is 0.232. The molecule has 0 aliphatic carbocycles. The third kappa shape index (κ3) is 3.47. The van der Waals surface area contributed by atoms with Gasteiger partial charge in [0, 0.05) is 31.7 Å². The molecular weight excluding hydrogens is 238 g/mol. The Balaban J connectivity index is 1.81. The van der Waals surface area contributed by atoms with Gasteiger partial charge in [-0.05, 0) is 43.5 Å². The third-order valence-corrected chi connectivity index (χ3v) is 3.47.